The lowest BCUT2D eigenvalue weighted by Gasteiger charge is -2.09. The van der Waals surface area contributed by atoms with E-state index in [1.807, 2.05) is 0 Å². The molecule has 4 rings (SSSR count). The normalized spacial score (nSPS) is 10.4. The number of esters is 8. The lowest BCUT2D eigenvalue weighted by Crippen LogP contribution is -2.16. The van der Waals surface area contributed by atoms with Crippen LogP contribution in [0.15, 0.2) is 97.1 Å². The fourth-order valence-electron chi connectivity index (χ4n) is 4.72. The number of hydrogen-bond donors (Lipinski definition) is 2. The van der Waals surface area contributed by atoms with Crippen molar-refractivity contribution in [2.45, 2.75) is 0 Å². The first-order chi connectivity index (χ1) is 29.0. The van der Waals surface area contributed by atoms with Crippen LogP contribution in [0.1, 0.15) is 82.9 Å². The fourth-order valence-corrected chi connectivity index (χ4v) is 4.72. The number of aliphatic hydroxyl groups is 2. The van der Waals surface area contributed by atoms with Crippen molar-refractivity contribution >= 4 is 47.8 Å². The quantitative estimate of drug-likeness (QED) is 0.0695. The molecule has 0 radical (unpaired) electrons. The molecule has 2 N–H and O–H groups in total. The molecule has 0 spiro atoms. The van der Waals surface area contributed by atoms with Gasteiger partial charge in [0.05, 0.1) is 57.7 Å². The van der Waals surface area contributed by atoms with Crippen LogP contribution in [-0.2, 0) is 37.9 Å². The Kier molecular flexibility index (Phi) is 17.9. The van der Waals surface area contributed by atoms with Gasteiger partial charge in [-0.2, -0.15) is 0 Å². The summed E-state index contributed by atoms with van der Waals surface area (Å²) in [4.78, 5) is 97.6. The van der Waals surface area contributed by atoms with Crippen molar-refractivity contribution in [2.75, 3.05) is 66.1 Å². The SMILES string of the molecule is O=C(OCCO)c1ccc(C(=O)OCCOC(=O)c2ccc(C(=O)OCCOC(=O)c3ccc(C(=O)OCCOC(=O)c4ccc(C(=O)OCCO)cc4)cc3)cc2)cc1. The van der Waals surface area contributed by atoms with Crippen LogP contribution in [0.25, 0.3) is 0 Å². The van der Waals surface area contributed by atoms with Crippen molar-refractivity contribution in [2.24, 2.45) is 0 Å². The first kappa shape index (κ1) is 45.3. The van der Waals surface area contributed by atoms with Crippen molar-refractivity contribution in [1.82, 2.24) is 0 Å². The van der Waals surface area contributed by atoms with E-state index in [9.17, 15) is 38.4 Å². The first-order valence-electron chi connectivity index (χ1n) is 18.0. The smallest absolute Gasteiger partial charge is 0.338 e. The minimum Gasteiger partial charge on any atom is -0.460 e. The largest absolute Gasteiger partial charge is 0.460 e. The van der Waals surface area contributed by atoms with Gasteiger partial charge in [0.15, 0.2) is 0 Å². The van der Waals surface area contributed by atoms with Gasteiger partial charge in [-0.3, -0.25) is 0 Å². The minimum absolute atomic E-state index is 0.103. The molecule has 0 saturated carbocycles. The molecular weight excluding hydrogens is 792 g/mol. The molecule has 60 heavy (non-hydrogen) atoms. The van der Waals surface area contributed by atoms with Crippen LogP contribution in [0.3, 0.4) is 0 Å². The third-order valence-corrected chi connectivity index (χ3v) is 7.72. The molecule has 0 aliphatic rings. The second kappa shape index (κ2) is 23.7. The summed E-state index contributed by atoms with van der Waals surface area (Å²) in [5.74, 6) is -5.72. The molecule has 18 heteroatoms. The van der Waals surface area contributed by atoms with E-state index in [2.05, 4.69) is 0 Å². The monoisotopic (exact) mass is 830 g/mol. The average Bonchev–Trinajstić information content (AvgIpc) is 3.28. The molecule has 0 amide bonds. The molecule has 0 aliphatic heterocycles. The van der Waals surface area contributed by atoms with E-state index >= 15 is 0 Å². The summed E-state index contributed by atoms with van der Waals surface area (Å²) in [5, 5.41) is 17.5. The third kappa shape index (κ3) is 14.2. The maximum atomic E-state index is 12.4. The van der Waals surface area contributed by atoms with Crippen molar-refractivity contribution in [3.8, 4) is 0 Å². The van der Waals surface area contributed by atoms with Gasteiger partial charge in [0.2, 0.25) is 0 Å². The Bertz CT molecular complexity index is 1960. The molecule has 18 nitrogen and oxygen atoms in total. The highest BCUT2D eigenvalue weighted by Crippen LogP contribution is 2.12. The number of ether oxygens (including phenoxy) is 8. The van der Waals surface area contributed by atoms with Gasteiger partial charge in [0.1, 0.15) is 52.9 Å². The molecule has 4 aromatic carbocycles. The van der Waals surface area contributed by atoms with Gasteiger partial charge in [-0.1, -0.05) is 0 Å². The number of carbonyl (C=O) groups is 8. The highest BCUT2D eigenvalue weighted by molar-refractivity contribution is 5.96. The summed E-state index contributed by atoms with van der Waals surface area (Å²) >= 11 is 0. The van der Waals surface area contributed by atoms with E-state index in [-0.39, 0.29) is 111 Å². The average molecular weight is 831 g/mol. The zero-order valence-electron chi connectivity index (χ0n) is 31.7. The van der Waals surface area contributed by atoms with Crippen molar-refractivity contribution in [3.05, 3.63) is 142 Å². The van der Waals surface area contributed by atoms with Gasteiger partial charge in [-0.15, -0.1) is 0 Å². The summed E-state index contributed by atoms with van der Waals surface area (Å²) in [5.41, 5.74) is 1.09. The minimum atomic E-state index is -0.751. The first-order valence-corrected chi connectivity index (χ1v) is 18.0. The summed E-state index contributed by atoms with van der Waals surface area (Å²) in [6.45, 7) is -2.53. The molecule has 0 fully saturated rings. The van der Waals surface area contributed by atoms with Crippen LogP contribution in [0.2, 0.25) is 0 Å². The van der Waals surface area contributed by atoms with Crippen LogP contribution >= 0.6 is 0 Å². The molecular formula is C42H38O18. The Balaban J connectivity index is 1.08. The topological polar surface area (TPSA) is 251 Å². The molecule has 0 saturated heterocycles. The van der Waals surface area contributed by atoms with E-state index in [4.69, 9.17) is 48.1 Å². The Morgan fingerprint density at radius 3 is 0.483 bits per heavy atom. The van der Waals surface area contributed by atoms with Crippen molar-refractivity contribution in [1.29, 1.82) is 0 Å². The van der Waals surface area contributed by atoms with Crippen LogP contribution in [-0.4, -0.2) is 124 Å². The van der Waals surface area contributed by atoms with E-state index in [1.165, 1.54) is 97.1 Å². The number of rotatable bonds is 21. The van der Waals surface area contributed by atoms with E-state index < -0.39 is 47.8 Å². The van der Waals surface area contributed by atoms with Gasteiger partial charge in [0, 0.05) is 0 Å². The van der Waals surface area contributed by atoms with E-state index in [0.29, 0.717) is 0 Å². The molecule has 0 bridgehead atoms. The zero-order chi connectivity index (χ0) is 43.3. The number of benzene rings is 4. The predicted octanol–water partition coefficient (Wildman–Crippen LogP) is 3.03. The van der Waals surface area contributed by atoms with E-state index in [0.717, 1.165) is 0 Å². The Hall–Kier alpha value is -7.44. The Morgan fingerprint density at radius 1 is 0.250 bits per heavy atom. The van der Waals surface area contributed by atoms with Crippen LogP contribution in [0, 0.1) is 0 Å². The lowest BCUT2D eigenvalue weighted by molar-refractivity contribution is 0.0261. The molecule has 4 aromatic rings. The van der Waals surface area contributed by atoms with Crippen LogP contribution < -0.4 is 0 Å². The highest BCUT2D eigenvalue weighted by Gasteiger charge is 2.16. The maximum Gasteiger partial charge on any atom is 0.338 e. The number of carbonyl (C=O) groups excluding carboxylic acids is 8. The standard InChI is InChI=1S/C42H38O18/c43-17-19-53-35(45)27-1-5-29(6-2-27)37(47)55-21-23-57-39(49)31-9-13-33(14-10-31)41(51)59-25-26-60-42(52)34-15-11-32(12-16-34)40(50)58-24-22-56-38(48)30-7-3-28(4-8-30)36(46)54-20-18-44/h1-16,43-44H,17-26H2. The highest BCUT2D eigenvalue weighted by atomic mass is 16.6. The molecule has 0 heterocycles. The van der Waals surface area contributed by atoms with E-state index in [1.54, 1.807) is 0 Å². The second-order valence-corrected chi connectivity index (χ2v) is 11.8. The van der Waals surface area contributed by atoms with Gasteiger partial charge >= 0.3 is 47.8 Å². The molecule has 0 atom stereocenters. The summed E-state index contributed by atoms with van der Waals surface area (Å²) in [6.07, 6.45) is 0. The zero-order valence-corrected chi connectivity index (χ0v) is 31.7. The van der Waals surface area contributed by atoms with Crippen molar-refractivity contribution < 1.29 is 86.5 Å². The number of aliphatic hydroxyl groups excluding tert-OH is 2. The molecule has 0 aromatic heterocycles. The second-order valence-electron chi connectivity index (χ2n) is 11.8. The van der Waals surface area contributed by atoms with Gasteiger partial charge in [0.25, 0.3) is 0 Å². The summed E-state index contributed by atoms with van der Waals surface area (Å²) in [6, 6.07) is 21.6. The maximum absolute atomic E-state index is 12.4. The van der Waals surface area contributed by atoms with Crippen molar-refractivity contribution in [3.63, 3.8) is 0 Å². The molecule has 0 aliphatic carbocycles. The summed E-state index contributed by atoms with van der Waals surface area (Å²) in [7, 11) is 0. The van der Waals surface area contributed by atoms with Gasteiger partial charge < -0.3 is 48.1 Å². The Morgan fingerprint density at radius 2 is 0.367 bits per heavy atom. The van der Waals surface area contributed by atoms with Gasteiger partial charge in [-0.25, -0.2) is 38.4 Å². The Labute approximate surface area is 341 Å². The third-order valence-electron chi connectivity index (χ3n) is 7.72. The molecule has 0 unspecified atom stereocenters. The fraction of sp³-hybridized carbons (Fsp3) is 0.238. The summed E-state index contributed by atoms with van der Waals surface area (Å²) < 4.78 is 40.2. The lowest BCUT2D eigenvalue weighted by atomic mass is 10.1. The van der Waals surface area contributed by atoms with Gasteiger partial charge in [-0.05, 0) is 97.1 Å². The number of hydrogen-bond acceptors (Lipinski definition) is 18. The van der Waals surface area contributed by atoms with Crippen LogP contribution in [0.5, 0.6) is 0 Å². The predicted molar refractivity (Wildman–Crippen MR) is 202 cm³/mol. The van der Waals surface area contributed by atoms with Crippen LogP contribution in [0.4, 0.5) is 0 Å². The molecule has 314 valence electrons.